The fourth-order valence-electron chi connectivity index (χ4n) is 1.74. The van der Waals surface area contributed by atoms with Crippen LogP contribution in [0.3, 0.4) is 0 Å². The van der Waals surface area contributed by atoms with Gasteiger partial charge < -0.3 is 10.4 Å². The SMILES string of the molecule is O=C(NCC(O)c1ccsc1)c1cc(C(F)(F)F)ccc1F. The van der Waals surface area contributed by atoms with Crippen LogP contribution in [0.4, 0.5) is 17.6 Å². The lowest BCUT2D eigenvalue weighted by atomic mass is 10.1. The Morgan fingerprint density at radius 3 is 2.64 bits per heavy atom. The van der Waals surface area contributed by atoms with E-state index in [-0.39, 0.29) is 6.54 Å². The maximum Gasteiger partial charge on any atom is 0.416 e. The van der Waals surface area contributed by atoms with Crippen LogP contribution in [0.25, 0.3) is 0 Å². The van der Waals surface area contributed by atoms with Gasteiger partial charge in [0.1, 0.15) is 5.82 Å². The Bertz CT molecular complexity index is 655. The number of alkyl halides is 3. The van der Waals surface area contributed by atoms with E-state index in [0.717, 1.165) is 0 Å². The van der Waals surface area contributed by atoms with Crippen LogP contribution in [0.5, 0.6) is 0 Å². The van der Waals surface area contributed by atoms with Gasteiger partial charge in [-0.3, -0.25) is 4.79 Å². The van der Waals surface area contributed by atoms with Crippen molar-refractivity contribution in [3.63, 3.8) is 0 Å². The molecule has 2 rings (SSSR count). The first-order valence-electron chi connectivity index (χ1n) is 6.14. The molecule has 0 aliphatic rings. The molecule has 118 valence electrons. The number of nitrogens with one attached hydrogen (secondary N) is 1. The van der Waals surface area contributed by atoms with Gasteiger partial charge in [-0.1, -0.05) is 0 Å². The van der Waals surface area contributed by atoms with Gasteiger partial charge in [-0.25, -0.2) is 4.39 Å². The Hall–Kier alpha value is -1.93. The summed E-state index contributed by atoms with van der Waals surface area (Å²) in [4.78, 5) is 11.8. The fourth-order valence-corrected chi connectivity index (χ4v) is 2.45. The lowest BCUT2D eigenvalue weighted by Gasteiger charge is -2.12. The highest BCUT2D eigenvalue weighted by Gasteiger charge is 2.32. The maximum atomic E-state index is 13.5. The average molecular weight is 333 g/mol. The standard InChI is InChI=1S/C14H11F4NO2S/c15-11-2-1-9(14(16,17)18)5-10(11)13(21)19-6-12(20)8-3-4-22-7-8/h1-5,7,12,20H,6H2,(H,19,21). The third kappa shape index (κ3) is 3.83. The molecule has 0 spiro atoms. The van der Waals surface area contributed by atoms with Crippen LogP contribution in [-0.2, 0) is 6.18 Å². The Morgan fingerprint density at radius 1 is 1.32 bits per heavy atom. The monoisotopic (exact) mass is 333 g/mol. The number of amides is 1. The first kappa shape index (κ1) is 16.4. The summed E-state index contributed by atoms with van der Waals surface area (Å²) in [7, 11) is 0. The van der Waals surface area contributed by atoms with E-state index in [4.69, 9.17) is 0 Å². The molecule has 2 N–H and O–H groups in total. The van der Waals surface area contributed by atoms with Crippen molar-refractivity contribution >= 4 is 17.2 Å². The molecule has 3 nitrogen and oxygen atoms in total. The molecular formula is C14H11F4NO2S. The molecule has 8 heteroatoms. The summed E-state index contributed by atoms with van der Waals surface area (Å²) in [6.45, 7) is -0.231. The Labute approximate surface area is 127 Å². The molecule has 1 unspecified atom stereocenters. The minimum Gasteiger partial charge on any atom is -0.387 e. The van der Waals surface area contributed by atoms with Gasteiger partial charge in [0.25, 0.3) is 5.91 Å². The molecule has 0 aliphatic carbocycles. The van der Waals surface area contributed by atoms with E-state index in [2.05, 4.69) is 5.32 Å². The van der Waals surface area contributed by atoms with Crippen molar-refractivity contribution in [1.82, 2.24) is 5.32 Å². The van der Waals surface area contributed by atoms with Crippen LogP contribution < -0.4 is 5.32 Å². The predicted molar refractivity (Wildman–Crippen MR) is 73.0 cm³/mol. The van der Waals surface area contributed by atoms with E-state index >= 15 is 0 Å². The van der Waals surface area contributed by atoms with Crippen molar-refractivity contribution in [2.45, 2.75) is 12.3 Å². The van der Waals surface area contributed by atoms with Crippen molar-refractivity contribution < 1.29 is 27.5 Å². The molecule has 22 heavy (non-hydrogen) atoms. The molecule has 1 aromatic carbocycles. The Kier molecular flexibility index (Phi) is 4.82. The van der Waals surface area contributed by atoms with Gasteiger partial charge in [0.05, 0.1) is 17.2 Å². The second-order valence-corrected chi connectivity index (χ2v) is 5.25. The first-order chi connectivity index (χ1) is 10.3. The van der Waals surface area contributed by atoms with Crippen LogP contribution in [0.15, 0.2) is 35.0 Å². The summed E-state index contributed by atoms with van der Waals surface area (Å²) < 4.78 is 51.2. The highest BCUT2D eigenvalue weighted by atomic mass is 32.1. The van der Waals surface area contributed by atoms with Gasteiger partial charge in [-0.15, -0.1) is 0 Å². The van der Waals surface area contributed by atoms with Crippen molar-refractivity contribution in [3.8, 4) is 0 Å². The largest absolute Gasteiger partial charge is 0.416 e. The number of benzene rings is 1. The van der Waals surface area contributed by atoms with Crippen LogP contribution in [0.2, 0.25) is 0 Å². The van der Waals surface area contributed by atoms with Gasteiger partial charge in [0.15, 0.2) is 0 Å². The molecule has 0 fully saturated rings. The Morgan fingerprint density at radius 2 is 2.05 bits per heavy atom. The fraction of sp³-hybridized carbons (Fsp3) is 0.214. The van der Waals surface area contributed by atoms with E-state index in [9.17, 15) is 27.5 Å². The highest BCUT2D eigenvalue weighted by molar-refractivity contribution is 7.07. The number of rotatable bonds is 4. The normalized spacial score (nSPS) is 13.0. The summed E-state index contributed by atoms with van der Waals surface area (Å²) in [6.07, 6.45) is -5.68. The summed E-state index contributed by atoms with van der Waals surface area (Å²) in [6, 6.07) is 3.24. The third-order valence-corrected chi connectivity index (χ3v) is 3.62. The van der Waals surface area contributed by atoms with Crippen molar-refractivity contribution in [2.24, 2.45) is 0 Å². The minimum atomic E-state index is -4.67. The van der Waals surface area contributed by atoms with E-state index in [1.54, 1.807) is 16.8 Å². The maximum absolute atomic E-state index is 13.5. The van der Waals surface area contributed by atoms with E-state index in [1.165, 1.54) is 11.3 Å². The molecule has 1 aromatic heterocycles. The topological polar surface area (TPSA) is 49.3 Å². The van der Waals surface area contributed by atoms with E-state index in [1.807, 2.05) is 0 Å². The average Bonchev–Trinajstić information content (AvgIpc) is 2.97. The van der Waals surface area contributed by atoms with Crippen LogP contribution in [0, 0.1) is 5.82 Å². The zero-order valence-corrected chi connectivity index (χ0v) is 11.8. The molecule has 0 bridgehead atoms. The van der Waals surface area contributed by atoms with Gasteiger partial charge in [-0.2, -0.15) is 24.5 Å². The van der Waals surface area contributed by atoms with Gasteiger partial charge in [-0.05, 0) is 40.6 Å². The van der Waals surface area contributed by atoms with Gasteiger partial charge in [0, 0.05) is 6.54 Å². The lowest BCUT2D eigenvalue weighted by Crippen LogP contribution is -2.29. The molecule has 0 saturated carbocycles. The second kappa shape index (κ2) is 6.45. The van der Waals surface area contributed by atoms with E-state index in [0.29, 0.717) is 23.8 Å². The van der Waals surface area contributed by atoms with Crippen molar-refractivity contribution in [3.05, 3.63) is 57.5 Å². The third-order valence-electron chi connectivity index (χ3n) is 2.92. The molecule has 0 radical (unpaired) electrons. The molecule has 0 saturated heterocycles. The number of aliphatic hydroxyl groups excluding tert-OH is 1. The molecule has 1 heterocycles. The number of thiophene rings is 1. The highest BCUT2D eigenvalue weighted by Crippen LogP contribution is 2.30. The van der Waals surface area contributed by atoms with Crippen LogP contribution in [0.1, 0.15) is 27.6 Å². The van der Waals surface area contributed by atoms with Crippen LogP contribution in [-0.4, -0.2) is 17.6 Å². The summed E-state index contributed by atoms with van der Waals surface area (Å²) in [5, 5.41) is 15.4. The number of halogens is 4. The van der Waals surface area contributed by atoms with Crippen LogP contribution >= 0.6 is 11.3 Å². The minimum absolute atomic E-state index is 0.231. The second-order valence-electron chi connectivity index (χ2n) is 4.47. The quantitative estimate of drug-likeness (QED) is 0.843. The first-order valence-corrected chi connectivity index (χ1v) is 7.08. The lowest BCUT2D eigenvalue weighted by molar-refractivity contribution is -0.137. The van der Waals surface area contributed by atoms with Gasteiger partial charge in [0.2, 0.25) is 0 Å². The van der Waals surface area contributed by atoms with Crippen molar-refractivity contribution in [1.29, 1.82) is 0 Å². The summed E-state index contributed by atoms with van der Waals surface area (Å²) >= 11 is 1.35. The smallest absolute Gasteiger partial charge is 0.387 e. The number of carbonyl (C=O) groups excluding carboxylic acids is 1. The zero-order chi connectivity index (χ0) is 16.3. The van der Waals surface area contributed by atoms with Crippen molar-refractivity contribution in [2.75, 3.05) is 6.54 Å². The van der Waals surface area contributed by atoms with Gasteiger partial charge >= 0.3 is 6.18 Å². The molecule has 2 aromatic rings. The molecule has 1 atom stereocenters. The van der Waals surface area contributed by atoms with E-state index < -0.39 is 35.1 Å². The zero-order valence-electron chi connectivity index (χ0n) is 11.0. The number of aliphatic hydroxyl groups is 1. The summed E-state index contributed by atoms with van der Waals surface area (Å²) in [5.41, 5.74) is -1.26. The molecule has 1 amide bonds. The number of hydrogen-bond acceptors (Lipinski definition) is 3. The number of carbonyl (C=O) groups is 1. The molecular weight excluding hydrogens is 322 g/mol. The Balaban J connectivity index is 2.09. The number of hydrogen-bond donors (Lipinski definition) is 2. The molecule has 0 aliphatic heterocycles. The summed E-state index contributed by atoms with van der Waals surface area (Å²) in [5.74, 6) is -2.08. The predicted octanol–water partition coefficient (Wildman–Crippen LogP) is 3.37.